The maximum Gasteiger partial charge on any atom is 0.223 e. The number of nitrogens with zero attached hydrogens (tertiary/aromatic N) is 1. The Kier molecular flexibility index (Phi) is 6.23. The van der Waals surface area contributed by atoms with E-state index >= 15 is 0 Å². The Balaban J connectivity index is 1.89. The topological polar surface area (TPSA) is 75.7 Å². The molecule has 1 amide bonds. The van der Waals surface area contributed by atoms with E-state index in [2.05, 4.69) is 5.32 Å². The van der Waals surface area contributed by atoms with Gasteiger partial charge >= 0.3 is 0 Å². The van der Waals surface area contributed by atoms with Gasteiger partial charge in [0.15, 0.2) is 0 Å². The minimum absolute atomic E-state index is 0.00753. The Hall–Kier alpha value is -1.60. The van der Waals surface area contributed by atoms with E-state index in [0.717, 1.165) is 11.3 Å². The number of benzene rings is 1. The number of piperidine rings is 1. The molecule has 7 heteroatoms. The quantitative estimate of drug-likeness (QED) is 0.847. The third-order valence-electron chi connectivity index (χ3n) is 4.56. The van der Waals surface area contributed by atoms with Gasteiger partial charge in [-0.2, -0.15) is 0 Å². The van der Waals surface area contributed by atoms with Crippen LogP contribution >= 0.6 is 0 Å². The summed E-state index contributed by atoms with van der Waals surface area (Å²) in [7, 11) is -1.54. The molecule has 134 valence electrons. The van der Waals surface area contributed by atoms with Crippen LogP contribution in [-0.2, 0) is 14.8 Å². The molecule has 0 unspecified atom stereocenters. The number of sulfonamides is 1. The van der Waals surface area contributed by atoms with E-state index in [9.17, 15) is 13.2 Å². The fourth-order valence-corrected chi connectivity index (χ4v) is 4.02. The van der Waals surface area contributed by atoms with E-state index in [1.807, 2.05) is 31.2 Å². The van der Waals surface area contributed by atoms with Gasteiger partial charge in [-0.15, -0.1) is 0 Å². The summed E-state index contributed by atoms with van der Waals surface area (Å²) < 4.78 is 30.3. The summed E-state index contributed by atoms with van der Waals surface area (Å²) >= 11 is 0. The van der Waals surface area contributed by atoms with E-state index in [1.54, 1.807) is 14.0 Å². The zero-order valence-corrected chi connectivity index (χ0v) is 15.3. The molecule has 1 saturated heterocycles. The third kappa shape index (κ3) is 4.48. The van der Waals surface area contributed by atoms with Crippen LogP contribution in [0.5, 0.6) is 5.75 Å². The number of nitrogens with one attached hydrogen (secondary N) is 1. The Labute approximate surface area is 144 Å². The van der Waals surface area contributed by atoms with Crippen LogP contribution in [0.3, 0.4) is 0 Å². The molecular formula is C17H26N2O4S. The number of hydrogen-bond donors (Lipinski definition) is 1. The standard InChI is InChI=1S/C17H26N2O4S/c1-4-24(21,22)19-11-9-15(10-12-19)17(20)18-13(2)14-5-7-16(23-3)8-6-14/h5-8,13,15H,4,9-12H2,1-3H3,(H,18,20)/t13-/m1/s1. The van der Waals surface area contributed by atoms with Crippen molar-refractivity contribution >= 4 is 15.9 Å². The Morgan fingerprint density at radius 1 is 1.29 bits per heavy atom. The van der Waals surface area contributed by atoms with Crippen LogP contribution in [0.1, 0.15) is 38.3 Å². The summed E-state index contributed by atoms with van der Waals surface area (Å²) in [6.45, 7) is 4.43. The second-order valence-electron chi connectivity index (χ2n) is 6.08. The van der Waals surface area contributed by atoms with Crippen molar-refractivity contribution in [1.29, 1.82) is 0 Å². The van der Waals surface area contributed by atoms with Gasteiger partial charge in [-0.05, 0) is 44.4 Å². The summed E-state index contributed by atoms with van der Waals surface area (Å²) in [4.78, 5) is 12.4. The van der Waals surface area contributed by atoms with Crippen molar-refractivity contribution in [3.63, 3.8) is 0 Å². The lowest BCUT2D eigenvalue weighted by atomic mass is 9.96. The van der Waals surface area contributed by atoms with E-state index in [0.29, 0.717) is 25.9 Å². The largest absolute Gasteiger partial charge is 0.497 e. The van der Waals surface area contributed by atoms with Crippen molar-refractivity contribution in [2.24, 2.45) is 5.92 Å². The average molecular weight is 354 g/mol. The van der Waals surface area contributed by atoms with Crippen LogP contribution in [0.15, 0.2) is 24.3 Å². The zero-order valence-electron chi connectivity index (χ0n) is 14.5. The van der Waals surface area contributed by atoms with Crippen molar-refractivity contribution in [1.82, 2.24) is 9.62 Å². The fraction of sp³-hybridized carbons (Fsp3) is 0.588. The Morgan fingerprint density at radius 2 is 1.88 bits per heavy atom. The van der Waals surface area contributed by atoms with Gasteiger partial charge in [-0.25, -0.2) is 12.7 Å². The van der Waals surface area contributed by atoms with E-state index in [-0.39, 0.29) is 23.6 Å². The van der Waals surface area contributed by atoms with Crippen molar-refractivity contribution in [3.8, 4) is 5.75 Å². The lowest BCUT2D eigenvalue weighted by Crippen LogP contribution is -2.43. The maximum absolute atomic E-state index is 12.4. The normalized spacial score (nSPS) is 18.1. The molecule has 0 bridgehead atoms. The number of hydrogen-bond acceptors (Lipinski definition) is 4. The number of amides is 1. The van der Waals surface area contributed by atoms with Crippen molar-refractivity contribution in [2.75, 3.05) is 26.0 Å². The third-order valence-corrected chi connectivity index (χ3v) is 6.44. The predicted molar refractivity (Wildman–Crippen MR) is 93.3 cm³/mol. The van der Waals surface area contributed by atoms with Gasteiger partial charge in [-0.1, -0.05) is 12.1 Å². The second-order valence-corrected chi connectivity index (χ2v) is 8.33. The molecule has 0 aliphatic carbocycles. The van der Waals surface area contributed by atoms with Crippen molar-refractivity contribution in [3.05, 3.63) is 29.8 Å². The van der Waals surface area contributed by atoms with Gasteiger partial charge in [0.1, 0.15) is 5.75 Å². The molecule has 1 fully saturated rings. The highest BCUT2D eigenvalue weighted by molar-refractivity contribution is 7.89. The molecule has 1 aromatic rings. The van der Waals surface area contributed by atoms with Crippen LogP contribution in [0.4, 0.5) is 0 Å². The lowest BCUT2D eigenvalue weighted by Gasteiger charge is -2.31. The predicted octanol–water partition coefficient (Wildman–Crippen LogP) is 1.93. The minimum Gasteiger partial charge on any atom is -0.497 e. The first kappa shape index (κ1) is 18.7. The fourth-order valence-electron chi connectivity index (χ4n) is 2.89. The highest BCUT2D eigenvalue weighted by Gasteiger charge is 2.30. The van der Waals surface area contributed by atoms with Crippen LogP contribution < -0.4 is 10.1 Å². The molecule has 1 N–H and O–H groups in total. The first-order chi connectivity index (χ1) is 11.4. The first-order valence-electron chi connectivity index (χ1n) is 8.29. The maximum atomic E-state index is 12.4. The molecule has 1 aromatic carbocycles. The minimum atomic E-state index is -3.15. The number of methoxy groups -OCH3 is 1. The lowest BCUT2D eigenvalue weighted by molar-refractivity contribution is -0.126. The summed E-state index contributed by atoms with van der Waals surface area (Å²) in [5, 5.41) is 3.02. The van der Waals surface area contributed by atoms with E-state index in [4.69, 9.17) is 4.74 Å². The Morgan fingerprint density at radius 3 is 2.38 bits per heavy atom. The van der Waals surface area contributed by atoms with Gasteiger partial charge in [0.05, 0.1) is 18.9 Å². The first-order valence-corrected chi connectivity index (χ1v) is 9.90. The molecule has 2 rings (SSSR count). The van der Waals surface area contributed by atoms with Gasteiger partial charge in [-0.3, -0.25) is 4.79 Å². The van der Waals surface area contributed by atoms with Crippen LogP contribution in [0, 0.1) is 5.92 Å². The zero-order chi connectivity index (χ0) is 17.7. The second kappa shape index (κ2) is 7.98. The summed E-state index contributed by atoms with van der Waals surface area (Å²) in [5.74, 6) is 0.751. The molecule has 0 radical (unpaired) electrons. The molecule has 0 saturated carbocycles. The number of carbonyl (C=O) groups is 1. The Bertz CT molecular complexity index is 650. The molecule has 24 heavy (non-hydrogen) atoms. The average Bonchev–Trinajstić information content (AvgIpc) is 2.61. The highest BCUT2D eigenvalue weighted by atomic mass is 32.2. The number of carbonyl (C=O) groups excluding carboxylic acids is 1. The van der Waals surface area contributed by atoms with Gasteiger partial charge in [0, 0.05) is 19.0 Å². The molecule has 0 aromatic heterocycles. The van der Waals surface area contributed by atoms with Crippen LogP contribution in [0.2, 0.25) is 0 Å². The molecule has 1 heterocycles. The smallest absolute Gasteiger partial charge is 0.223 e. The SMILES string of the molecule is CCS(=O)(=O)N1CCC(C(=O)N[C@H](C)c2ccc(OC)cc2)CC1. The molecular weight excluding hydrogens is 328 g/mol. The molecule has 1 aliphatic rings. The monoisotopic (exact) mass is 354 g/mol. The summed E-state index contributed by atoms with van der Waals surface area (Å²) in [6, 6.07) is 7.50. The number of ether oxygens (including phenoxy) is 1. The molecule has 1 aliphatic heterocycles. The van der Waals surface area contributed by atoms with Crippen molar-refractivity contribution in [2.45, 2.75) is 32.7 Å². The van der Waals surface area contributed by atoms with Gasteiger partial charge < -0.3 is 10.1 Å². The van der Waals surface area contributed by atoms with E-state index in [1.165, 1.54) is 4.31 Å². The van der Waals surface area contributed by atoms with Crippen LogP contribution in [0.25, 0.3) is 0 Å². The highest BCUT2D eigenvalue weighted by Crippen LogP contribution is 2.22. The molecule has 6 nitrogen and oxygen atoms in total. The van der Waals surface area contributed by atoms with Crippen molar-refractivity contribution < 1.29 is 17.9 Å². The van der Waals surface area contributed by atoms with Gasteiger partial charge in [0.2, 0.25) is 15.9 Å². The van der Waals surface area contributed by atoms with E-state index < -0.39 is 10.0 Å². The molecule has 0 spiro atoms. The van der Waals surface area contributed by atoms with Crippen LogP contribution in [-0.4, -0.2) is 44.6 Å². The summed E-state index contributed by atoms with van der Waals surface area (Å²) in [6.07, 6.45) is 1.14. The number of rotatable bonds is 6. The molecule has 1 atom stereocenters. The summed E-state index contributed by atoms with van der Waals surface area (Å²) in [5.41, 5.74) is 1.01. The van der Waals surface area contributed by atoms with Gasteiger partial charge in [0.25, 0.3) is 0 Å².